The summed E-state index contributed by atoms with van der Waals surface area (Å²) in [6.45, 7) is 0.772. The molecule has 1 aliphatic rings. The lowest BCUT2D eigenvalue weighted by Crippen LogP contribution is -2.15. The van der Waals surface area contributed by atoms with Gasteiger partial charge in [-0.15, -0.1) is 0 Å². The molecule has 0 radical (unpaired) electrons. The molecular formula is C16H24O3. The number of aliphatic hydroxyl groups excluding tert-OH is 2. The molecule has 0 spiro atoms. The van der Waals surface area contributed by atoms with Crippen molar-refractivity contribution in [3.05, 3.63) is 29.8 Å². The van der Waals surface area contributed by atoms with Crippen LogP contribution < -0.4 is 4.74 Å². The SMILES string of the molecule is OCCC(O)c1cccc(OCC2CCCCC2)c1. The van der Waals surface area contributed by atoms with Crippen LogP contribution in [0.3, 0.4) is 0 Å². The lowest BCUT2D eigenvalue weighted by Gasteiger charge is -2.22. The highest BCUT2D eigenvalue weighted by Gasteiger charge is 2.14. The van der Waals surface area contributed by atoms with Gasteiger partial charge in [-0.05, 0) is 36.5 Å². The Morgan fingerprint density at radius 1 is 1.21 bits per heavy atom. The Labute approximate surface area is 115 Å². The van der Waals surface area contributed by atoms with Gasteiger partial charge in [0.1, 0.15) is 5.75 Å². The standard InChI is InChI=1S/C16H24O3/c17-10-9-16(18)14-7-4-8-15(11-14)19-12-13-5-2-1-3-6-13/h4,7-8,11,13,16-18H,1-3,5-6,9-10,12H2. The number of rotatable bonds is 6. The Morgan fingerprint density at radius 3 is 2.74 bits per heavy atom. The zero-order valence-corrected chi connectivity index (χ0v) is 11.4. The molecule has 0 heterocycles. The fourth-order valence-corrected chi connectivity index (χ4v) is 2.67. The van der Waals surface area contributed by atoms with Crippen LogP contribution in [0.4, 0.5) is 0 Å². The maximum Gasteiger partial charge on any atom is 0.119 e. The van der Waals surface area contributed by atoms with E-state index in [1.54, 1.807) is 0 Å². The third-order valence-electron chi connectivity index (χ3n) is 3.86. The van der Waals surface area contributed by atoms with E-state index >= 15 is 0 Å². The fraction of sp³-hybridized carbons (Fsp3) is 0.625. The van der Waals surface area contributed by atoms with Gasteiger partial charge in [0.05, 0.1) is 12.7 Å². The van der Waals surface area contributed by atoms with Gasteiger partial charge in [0.2, 0.25) is 0 Å². The van der Waals surface area contributed by atoms with E-state index in [9.17, 15) is 5.11 Å². The van der Waals surface area contributed by atoms with E-state index in [-0.39, 0.29) is 6.61 Å². The van der Waals surface area contributed by atoms with Crippen LogP contribution in [0, 0.1) is 5.92 Å². The van der Waals surface area contributed by atoms with Gasteiger partial charge < -0.3 is 14.9 Å². The van der Waals surface area contributed by atoms with Crippen LogP contribution in [-0.4, -0.2) is 23.4 Å². The summed E-state index contributed by atoms with van der Waals surface area (Å²) < 4.78 is 5.84. The molecule has 1 fully saturated rings. The smallest absolute Gasteiger partial charge is 0.119 e. The summed E-state index contributed by atoms with van der Waals surface area (Å²) in [4.78, 5) is 0. The van der Waals surface area contributed by atoms with E-state index in [1.807, 2.05) is 24.3 Å². The largest absolute Gasteiger partial charge is 0.493 e. The molecule has 106 valence electrons. The minimum absolute atomic E-state index is 0.00563. The second kappa shape index (κ2) is 7.51. The molecule has 1 saturated carbocycles. The molecule has 1 aromatic carbocycles. The van der Waals surface area contributed by atoms with Gasteiger partial charge in [-0.2, -0.15) is 0 Å². The van der Waals surface area contributed by atoms with Crippen LogP contribution in [-0.2, 0) is 0 Å². The maximum atomic E-state index is 9.85. The van der Waals surface area contributed by atoms with E-state index < -0.39 is 6.10 Å². The van der Waals surface area contributed by atoms with Crippen molar-refractivity contribution >= 4 is 0 Å². The second-order valence-corrected chi connectivity index (χ2v) is 5.42. The van der Waals surface area contributed by atoms with Gasteiger partial charge in [0, 0.05) is 13.0 Å². The summed E-state index contributed by atoms with van der Waals surface area (Å²) in [6.07, 6.45) is 6.31. The molecule has 0 aliphatic heterocycles. The Morgan fingerprint density at radius 2 is 2.00 bits per heavy atom. The number of hydrogen-bond acceptors (Lipinski definition) is 3. The van der Waals surface area contributed by atoms with E-state index in [4.69, 9.17) is 9.84 Å². The molecule has 0 saturated heterocycles. The average molecular weight is 264 g/mol. The first-order chi connectivity index (χ1) is 9.29. The summed E-state index contributed by atoms with van der Waals surface area (Å²) in [7, 11) is 0. The van der Waals surface area contributed by atoms with Gasteiger partial charge in [0.25, 0.3) is 0 Å². The molecular weight excluding hydrogens is 240 g/mol. The van der Waals surface area contributed by atoms with Crippen LogP contribution >= 0.6 is 0 Å². The topological polar surface area (TPSA) is 49.7 Å². The summed E-state index contributed by atoms with van der Waals surface area (Å²) in [5.41, 5.74) is 0.815. The quantitative estimate of drug-likeness (QED) is 0.830. The van der Waals surface area contributed by atoms with Crippen LogP contribution in [0.5, 0.6) is 5.75 Å². The minimum Gasteiger partial charge on any atom is -0.493 e. The molecule has 3 nitrogen and oxygen atoms in total. The van der Waals surface area contributed by atoms with Crippen molar-refractivity contribution in [2.45, 2.75) is 44.6 Å². The second-order valence-electron chi connectivity index (χ2n) is 5.42. The van der Waals surface area contributed by atoms with E-state index in [0.717, 1.165) is 17.9 Å². The molecule has 0 aromatic heterocycles. The zero-order valence-electron chi connectivity index (χ0n) is 11.4. The van der Waals surface area contributed by atoms with Crippen LogP contribution in [0.25, 0.3) is 0 Å². The highest BCUT2D eigenvalue weighted by Crippen LogP contribution is 2.26. The Balaban J connectivity index is 1.87. The predicted octanol–water partition coefficient (Wildman–Crippen LogP) is 3.06. The summed E-state index contributed by atoms with van der Waals surface area (Å²) in [5, 5.41) is 18.7. The van der Waals surface area contributed by atoms with Gasteiger partial charge in [-0.25, -0.2) is 0 Å². The van der Waals surface area contributed by atoms with Gasteiger partial charge in [-0.3, -0.25) is 0 Å². The number of benzene rings is 1. The van der Waals surface area contributed by atoms with Crippen molar-refractivity contribution in [3.63, 3.8) is 0 Å². The third kappa shape index (κ3) is 4.51. The summed E-state index contributed by atoms with van der Waals surface area (Å²) in [6, 6.07) is 7.57. The molecule has 1 aliphatic carbocycles. The van der Waals surface area contributed by atoms with E-state index in [0.29, 0.717) is 12.3 Å². The minimum atomic E-state index is -0.608. The molecule has 0 amide bonds. The van der Waals surface area contributed by atoms with Gasteiger partial charge in [-0.1, -0.05) is 31.4 Å². The normalized spacial score (nSPS) is 18.2. The Kier molecular flexibility index (Phi) is 5.67. The molecule has 1 unspecified atom stereocenters. The summed E-state index contributed by atoms with van der Waals surface area (Å²) >= 11 is 0. The molecule has 2 N–H and O–H groups in total. The van der Waals surface area contributed by atoms with Crippen molar-refractivity contribution in [1.29, 1.82) is 0 Å². The number of aliphatic hydroxyl groups is 2. The van der Waals surface area contributed by atoms with Crippen LogP contribution in [0.15, 0.2) is 24.3 Å². The average Bonchev–Trinajstić information content (AvgIpc) is 2.47. The van der Waals surface area contributed by atoms with Gasteiger partial charge in [0.15, 0.2) is 0 Å². The lowest BCUT2D eigenvalue weighted by atomic mass is 9.90. The first kappa shape index (κ1) is 14.4. The lowest BCUT2D eigenvalue weighted by molar-refractivity contribution is 0.133. The van der Waals surface area contributed by atoms with Gasteiger partial charge >= 0.3 is 0 Å². The van der Waals surface area contributed by atoms with Crippen molar-refractivity contribution in [2.75, 3.05) is 13.2 Å². The van der Waals surface area contributed by atoms with Crippen molar-refractivity contribution in [1.82, 2.24) is 0 Å². The molecule has 3 heteroatoms. The van der Waals surface area contributed by atoms with E-state index in [2.05, 4.69) is 0 Å². The summed E-state index contributed by atoms with van der Waals surface area (Å²) in [5.74, 6) is 1.50. The maximum absolute atomic E-state index is 9.85. The van der Waals surface area contributed by atoms with E-state index in [1.165, 1.54) is 32.1 Å². The fourth-order valence-electron chi connectivity index (χ4n) is 2.67. The first-order valence-corrected chi connectivity index (χ1v) is 7.31. The van der Waals surface area contributed by atoms with Crippen LogP contribution in [0.2, 0.25) is 0 Å². The monoisotopic (exact) mass is 264 g/mol. The van der Waals surface area contributed by atoms with Crippen molar-refractivity contribution in [2.24, 2.45) is 5.92 Å². The molecule has 19 heavy (non-hydrogen) atoms. The highest BCUT2D eigenvalue weighted by atomic mass is 16.5. The molecule has 1 atom stereocenters. The number of ether oxygens (including phenoxy) is 1. The Bertz CT molecular complexity index is 372. The number of hydrogen-bond donors (Lipinski definition) is 2. The third-order valence-corrected chi connectivity index (χ3v) is 3.86. The van der Waals surface area contributed by atoms with Crippen molar-refractivity contribution < 1.29 is 14.9 Å². The molecule has 0 bridgehead atoms. The predicted molar refractivity (Wildman–Crippen MR) is 75.2 cm³/mol. The highest BCUT2D eigenvalue weighted by molar-refractivity contribution is 5.29. The Hall–Kier alpha value is -1.06. The first-order valence-electron chi connectivity index (χ1n) is 7.31. The van der Waals surface area contributed by atoms with Crippen molar-refractivity contribution in [3.8, 4) is 5.75 Å². The van der Waals surface area contributed by atoms with Crippen LogP contribution in [0.1, 0.15) is 50.2 Å². The zero-order chi connectivity index (χ0) is 13.5. The molecule has 2 rings (SSSR count). The molecule has 1 aromatic rings.